The molecule has 7 heteroatoms. The number of nitrogens with one attached hydrogen (secondary N) is 1. The number of hydrogen-bond acceptors (Lipinski definition) is 5. The van der Waals surface area contributed by atoms with E-state index in [0.29, 0.717) is 5.82 Å². The van der Waals surface area contributed by atoms with Crippen LogP contribution in [0, 0.1) is 17.0 Å². The maximum Gasteiger partial charge on any atom is 0.270 e. The number of rotatable bonds is 4. The molecule has 1 N–H and O–H groups in total. The molecule has 108 valence electrons. The molecule has 1 aromatic heterocycles. The van der Waals surface area contributed by atoms with Crippen molar-refractivity contribution in [1.82, 2.24) is 4.98 Å². The Morgan fingerprint density at radius 2 is 2.10 bits per heavy atom. The van der Waals surface area contributed by atoms with Crippen molar-refractivity contribution >= 4 is 17.4 Å². The third-order valence-electron chi connectivity index (χ3n) is 2.77. The summed E-state index contributed by atoms with van der Waals surface area (Å²) in [6.45, 7) is 1.80. The Hall–Kier alpha value is -2.96. The van der Waals surface area contributed by atoms with Crippen LogP contribution in [-0.2, 0) is 0 Å². The first-order chi connectivity index (χ1) is 10.0. The summed E-state index contributed by atoms with van der Waals surface area (Å²) in [5.74, 6) is 0.105. The van der Waals surface area contributed by atoms with E-state index in [0.717, 1.165) is 5.69 Å². The van der Waals surface area contributed by atoms with E-state index < -0.39 is 10.8 Å². The van der Waals surface area contributed by atoms with Crippen LogP contribution in [0.3, 0.4) is 0 Å². The maximum absolute atomic E-state index is 12.2. The molecule has 0 spiro atoms. The van der Waals surface area contributed by atoms with Crippen LogP contribution in [-0.4, -0.2) is 22.9 Å². The molecule has 0 bridgehead atoms. The number of amides is 1. The number of nitro groups is 1. The number of carbonyl (C=O) groups excluding carboxylic acids is 1. The van der Waals surface area contributed by atoms with Crippen molar-refractivity contribution in [3.63, 3.8) is 0 Å². The molecule has 1 heterocycles. The van der Waals surface area contributed by atoms with Gasteiger partial charge in [0, 0.05) is 17.8 Å². The van der Waals surface area contributed by atoms with Crippen molar-refractivity contribution < 1.29 is 14.5 Å². The van der Waals surface area contributed by atoms with Gasteiger partial charge in [-0.2, -0.15) is 0 Å². The third-order valence-corrected chi connectivity index (χ3v) is 2.77. The molecular formula is C14H13N3O4. The second kappa shape index (κ2) is 6.00. The Morgan fingerprint density at radius 3 is 2.71 bits per heavy atom. The van der Waals surface area contributed by atoms with E-state index in [-0.39, 0.29) is 17.0 Å². The average molecular weight is 287 g/mol. The van der Waals surface area contributed by atoms with Gasteiger partial charge in [0.2, 0.25) is 0 Å². The molecule has 0 aliphatic carbocycles. The van der Waals surface area contributed by atoms with Gasteiger partial charge in [-0.25, -0.2) is 4.98 Å². The molecule has 0 radical (unpaired) electrons. The van der Waals surface area contributed by atoms with E-state index in [1.165, 1.54) is 25.3 Å². The molecule has 7 nitrogen and oxygen atoms in total. The average Bonchev–Trinajstić information content (AvgIpc) is 2.46. The topological polar surface area (TPSA) is 94.4 Å². The van der Waals surface area contributed by atoms with Crippen LogP contribution in [0.25, 0.3) is 0 Å². The molecule has 2 rings (SSSR count). The molecule has 0 unspecified atom stereocenters. The first kappa shape index (κ1) is 14.4. The van der Waals surface area contributed by atoms with E-state index in [1.54, 1.807) is 25.1 Å². The minimum absolute atomic E-state index is 0.0787. The minimum atomic E-state index is -0.568. The number of benzene rings is 1. The van der Waals surface area contributed by atoms with Crippen LogP contribution in [0.4, 0.5) is 11.5 Å². The summed E-state index contributed by atoms with van der Waals surface area (Å²) < 4.78 is 5.06. The number of non-ortho nitro benzene ring substituents is 1. The molecule has 0 aliphatic heterocycles. The highest BCUT2D eigenvalue weighted by Gasteiger charge is 2.17. The highest BCUT2D eigenvalue weighted by Crippen LogP contribution is 2.24. The van der Waals surface area contributed by atoms with E-state index in [2.05, 4.69) is 10.3 Å². The third kappa shape index (κ3) is 3.33. The van der Waals surface area contributed by atoms with Crippen LogP contribution in [0.2, 0.25) is 0 Å². The van der Waals surface area contributed by atoms with Crippen molar-refractivity contribution in [3.05, 3.63) is 57.8 Å². The normalized spacial score (nSPS) is 10.0. The SMILES string of the molecule is COc1ccc([N+](=O)[O-])cc1C(=O)Nc1cccc(C)n1. The van der Waals surface area contributed by atoms with Gasteiger partial charge < -0.3 is 10.1 Å². The number of anilines is 1. The predicted molar refractivity (Wildman–Crippen MR) is 76.6 cm³/mol. The summed E-state index contributed by atoms with van der Waals surface area (Å²) in [6.07, 6.45) is 0. The standard InChI is InChI=1S/C14H13N3O4/c1-9-4-3-5-13(15-9)16-14(18)11-8-10(17(19)20)6-7-12(11)21-2/h3-8H,1-2H3,(H,15,16,18). The van der Waals surface area contributed by atoms with Crippen LogP contribution < -0.4 is 10.1 Å². The smallest absolute Gasteiger partial charge is 0.270 e. The lowest BCUT2D eigenvalue weighted by Crippen LogP contribution is -2.14. The maximum atomic E-state index is 12.2. The highest BCUT2D eigenvalue weighted by molar-refractivity contribution is 6.06. The van der Waals surface area contributed by atoms with Crippen molar-refractivity contribution in [2.45, 2.75) is 6.92 Å². The highest BCUT2D eigenvalue weighted by atomic mass is 16.6. The van der Waals surface area contributed by atoms with Gasteiger partial charge in [0.15, 0.2) is 0 Å². The number of methoxy groups -OCH3 is 1. The number of carbonyl (C=O) groups is 1. The van der Waals surface area contributed by atoms with E-state index in [9.17, 15) is 14.9 Å². The molecule has 0 aliphatic rings. The quantitative estimate of drug-likeness (QED) is 0.688. The number of ether oxygens (including phenoxy) is 1. The zero-order valence-corrected chi connectivity index (χ0v) is 11.5. The molecule has 21 heavy (non-hydrogen) atoms. The lowest BCUT2D eigenvalue weighted by atomic mass is 10.1. The van der Waals surface area contributed by atoms with Gasteiger partial charge >= 0.3 is 0 Å². The van der Waals surface area contributed by atoms with E-state index >= 15 is 0 Å². The van der Waals surface area contributed by atoms with Gasteiger partial charge in [0.1, 0.15) is 11.6 Å². The van der Waals surface area contributed by atoms with Crippen LogP contribution in [0.1, 0.15) is 16.1 Å². The van der Waals surface area contributed by atoms with Gasteiger partial charge in [-0.1, -0.05) is 6.07 Å². The van der Waals surface area contributed by atoms with E-state index in [1.807, 2.05) is 0 Å². The first-order valence-corrected chi connectivity index (χ1v) is 6.08. The summed E-state index contributed by atoms with van der Waals surface area (Å²) in [6, 6.07) is 9.02. The second-order valence-corrected chi connectivity index (χ2v) is 4.26. The fourth-order valence-corrected chi connectivity index (χ4v) is 1.78. The Bertz CT molecular complexity index is 700. The summed E-state index contributed by atoms with van der Waals surface area (Å²) in [5.41, 5.74) is 0.645. The van der Waals surface area contributed by atoms with Crippen LogP contribution in [0.15, 0.2) is 36.4 Å². The zero-order chi connectivity index (χ0) is 15.4. The van der Waals surface area contributed by atoms with Gasteiger partial charge in [-0.15, -0.1) is 0 Å². The summed E-state index contributed by atoms with van der Waals surface area (Å²) in [5, 5.41) is 13.4. The fraction of sp³-hybridized carbons (Fsp3) is 0.143. The lowest BCUT2D eigenvalue weighted by molar-refractivity contribution is -0.384. The minimum Gasteiger partial charge on any atom is -0.496 e. The lowest BCUT2D eigenvalue weighted by Gasteiger charge is -2.09. The van der Waals surface area contributed by atoms with Crippen molar-refractivity contribution in [1.29, 1.82) is 0 Å². The molecule has 1 aromatic carbocycles. The molecule has 0 saturated carbocycles. The summed E-state index contributed by atoms with van der Waals surface area (Å²) >= 11 is 0. The fourth-order valence-electron chi connectivity index (χ4n) is 1.78. The molecule has 0 fully saturated rings. The number of pyridine rings is 1. The Labute approximate surface area is 120 Å². The Morgan fingerprint density at radius 1 is 1.33 bits per heavy atom. The van der Waals surface area contributed by atoms with Gasteiger partial charge in [-0.3, -0.25) is 14.9 Å². The Kier molecular flexibility index (Phi) is 4.13. The summed E-state index contributed by atoms with van der Waals surface area (Å²) in [4.78, 5) is 26.6. The van der Waals surface area contributed by atoms with Gasteiger partial charge in [0.25, 0.3) is 11.6 Å². The van der Waals surface area contributed by atoms with Gasteiger partial charge in [0.05, 0.1) is 17.6 Å². The largest absolute Gasteiger partial charge is 0.496 e. The molecule has 2 aromatic rings. The molecule has 0 saturated heterocycles. The molecular weight excluding hydrogens is 274 g/mol. The van der Waals surface area contributed by atoms with Gasteiger partial charge in [-0.05, 0) is 25.1 Å². The van der Waals surface area contributed by atoms with Crippen molar-refractivity contribution in [2.24, 2.45) is 0 Å². The van der Waals surface area contributed by atoms with E-state index in [4.69, 9.17) is 4.74 Å². The Balaban J connectivity index is 2.33. The number of aromatic nitrogens is 1. The zero-order valence-electron chi connectivity index (χ0n) is 11.5. The number of aryl methyl sites for hydroxylation is 1. The van der Waals surface area contributed by atoms with Crippen LogP contribution >= 0.6 is 0 Å². The monoisotopic (exact) mass is 287 g/mol. The predicted octanol–water partition coefficient (Wildman–Crippen LogP) is 2.56. The molecule has 1 amide bonds. The summed E-state index contributed by atoms with van der Waals surface area (Å²) in [7, 11) is 1.39. The van der Waals surface area contributed by atoms with Crippen molar-refractivity contribution in [3.8, 4) is 5.75 Å². The van der Waals surface area contributed by atoms with Crippen LogP contribution in [0.5, 0.6) is 5.75 Å². The van der Waals surface area contributed by atoms with Crippen molar-refractivity contribution in [2.75, 3.05) is 12.4 Å². The number of nitro benzene ring substituents is 1. The second-order valence-electron chi connectivity index (χ2n) is 4.26. The number of hydrogen-bond donors (Lipinski definition) is 1. The molecule has 0 atom stereocenters. The first-order valence-electron chi connectivity index (χ1n) is 6.08. The number of nitrogens with zero attached hydrogens (tertiary/aromatic N) is 2.